The molecule has 0 bridgehead atoms. The molecule has 41 heavy (non-hydrogen) atoms. The number of ether oxygens (including phenoxy) is 2. The van der Waals surface area contributed by atoms with Gasteiger partial charge in [-0.25, -0.2) is 4.79 Å². The van der Waals surface area contributed by atoms with Crippen LogP contribution in [-0.2, 0) is 6.42 Å². The molecule has 0 aliphatic heterocycles. The van der Waals surface area contributed by atoms with Crippen molar-refractivity contribution in [2.75, 3.05) is 13.2 Å². The highest BCUT2D eigenvalue weighted by Crippen LogP contribution is 2.49. The van der Waals surface area contributed by atoms with Crippen molar-refractivity contribution in [2.24, 2.45) is 0 Å². The smallest absolute Gasteiger partial charge is 0.340 e. The van der Waals surface area contributed by atoms with Crippen LogP contribution < -0.4 is 9.47 Å². The molecule has 0 amide bonds. The van der Waals surface area contributed by atoms with Gasteiger partial charge in [0.15, 0.2) is 11.5 Å². The highest BCUT2D eigenvalue weighted by atomic mass is 16.5. The quantitative estimate of drug-likeness (QED) is 0.0676. The molecule has 0 aliphatic rings. The molecule has 1 aromatic rings. The summed E-state index contributed by atoms with van der Waals surface area (Å²) in [5, 5.41) is 31.6. The second-order valence-corrected chi connectivity index (χ2v) is 11.7. The van der Waals surface area contributed by atoms with Gasteiger partial charge in [-0.1, -0.05) is 143 Å². The Labute approximate surface area is 251 Å². The van der Waals surface area contributed by atoms with E-state index >= 15 is 0 Å². The molecule has 0 radical (unpaired) electrons. The summed E-state index contributed by atoms with van der Waals surface area (Å²) >= 11 is 0. The fourth-order valence-corrected chi connectivity index (χ4v) is 5.38. The average Bonchev–Trinajstić information content (AvgIpc) is 2.96. The molecule has 0 saturated carbocycles. The minimum atomic E-state index is -1.26. The molecule has 0 atom stereocenters. The lowest BCUT2D eigenvalue weighted by Crippen LogP contribution is -2.11. The number of phenolic OH excluding ortho intramolecular Hbond substituents is 1. The summed E-state index contributed by atoms with van der Waals surface area (Å²) in [5.41, 5.74) is 0.176. The van der Waals surface area contributed by atoms with E-state index in [-0.39, 0.29) is 11.3 Å². The third-order valence-corrected chi connectivity index (χ3v) is 7.94. The molecule has 0 fully saturated rings. The van der Waals surface area contributed by atoms with Gasteiger partial charge in [0, 0.05) is 5.56 Å². The highest BCUT2D eigenvalue weighted by Gasteiger charge is 2.29. The third kappa shape index (κ3) is 15.6. The maximum atomic E-state index is 12.2. The lowest BCUT2D eigenvalue weighted by atomic mass is 9.97. The van der Waals surface area contributed by atoms with Crippen molar-refractivity contribution < 1.29 is 29.6 Å². The molecule has 0 aromatic heterocycles. The summed E-state index contributed by atoms with van der Waals surface area (Å²) in [6, 6.07) is 0. The van der Waals surface area contributed by atoms with E-state index in [1.165, 1.54) is 77.0 Å². The van der Waals surface area contributed by atoms with Gasteiger partial charge in [-0.05, 0) is 25.7 Å². The van der Waals surface area contributed by atoms with Crippen LogP contribution in [0.15, 0.2) is 0 Å². The molecule has 238 valence electrons. The standard InChI is InChI=1S/C35H62O6/c1-4-7-10-13-16-18-21-24-27-40-33-29(26-23-20-15-12-9-6-3)30(35(38)39)31(36)32(37)34(33)41-28-25-22-19-17-14-11-8-5-2/h36-37H,4-28H2,1-3H3,(H,38,39). The topological polar surface area (TPSA) is 96.2 Å². The van der Waals surface area contributed by atoms with Crippen LogP contribution in [0.1, 0.15) is 178 Å². The molecular weight excluding hydrogens is 516 g/mol. The number of aromatic carboxylic acids is 1. The summed E-state index contributed by atoms with van der Waals surface area (Å²) in [4.78, 5) is 12.2. The summed E-state index contributed by atoms with van der Waals surface area (Å²) < 4.78 is 12.2. The van der Waals surface area contributed by atoms with Crippen LogP contribution in [0.4, 0.5) is 0 Å². The molecule has 1 aromatic carbocycles. The number of benzene rings is 1. The van der Waals surface area contributed by atoms with Crippen molar-refractivity contribution in [2.45, 2.75) is 168 Å². The number of hydrogen-bond donors (Lipinski definition) is 3. The number of carboxylic acid groups (broad SMARTS) is 1. The molecule has 0 unspecified atom stereocenters. The van der Waals surface area contributed by atoms with Crippen LogP contribution in [0.25, 0.3) is 0 Å². The second kappa shape index (κ2) is 24.5. The molecule has 1 rings (SSSR count). The molecule has 6 heteroatoms. The van der Waals surface area contributed by atoms with Crippen LogP contribution in [0, 0.1) is 0 Å². The Hall–Kier alpha value is -2.11. The van der Waals surface area contributed by atoms with Crippen LogP contribution >= 0.6 is 0 Å². The Morgan fingerprint density at radius 2 is 0.878 bits per heavy atom. The van der Waals surface area contributed by atoms with Gasteiger partial charge in [0.1, 0.15) is 5.56 Å². The molecule has 0 aliphatic carbocycles. The molecule has 0 saturated heterocycles. The van der Waals surface area contributed by atoms with Gasteiger partial charge in [-0.2, -0.15) is 0 Å². The van der Waals surface area contributed by atoms with Gasteiger partial charge >= 0.3 is 5.97 Å². The monoisotopic (exact) mass is 578 g/mol. The molecular formula is C35H62O6. The number of rotatable bonds is 28. The van der Waals surface area contributed by atoms with E-state index in [9.17, 15) is 20.1 Å². The van der Waals surface area contributed by atoms with Gasteiger partial charge in [0.25, 0.3) is 0 Å². The van der Waals surface area contributed by atoms with Crippen molar-refractivity contribution in [3.63, 3.8) is 0 Å². The Morgan fingerprint density at radius 1 is 0.512 bits per heavy atom. The van der Waals surface area contributed by atoms with Crippen LogP contribution in [0.5, 0.6) is 23.0 Å². The number of hydrogen-bond acceptors (Lipinski definition) is 5. The first kappa shape index (κ1) is 36.9. The zero-order chi connectivity index (χ0) is 30.1. The molecule has 0 heterocycles. The first-order chi connectivity index (χ1) is 20.0. The number of unbranched alkanes of at least 4 members (excludes halogenated alkanes) is 19. The van der Waals surface area contributed by atoms with Crippen LogP contribution in [0.2, 0.25) is 0 Å². The Balaban J connectivity index is 2.92. The average molecular weight is 579 g/mol. The van der Waals surface area contributed by atoms with E-state index in [0.717, 1.165) is 64.2 Å². The van der Waals surface area contributed by atoms with Crippen molar-refractivity contribution >= 4 is 5.97 Å². The van der Waals surface area contributed by atoms with Crippen LogP contribution in [-0.4, -0.2) is 34.5 Å². The Morgan fingerprint density at radius 3 is 1.29 bits per heavy atom. The van der Waals surface area contributed by atoms with Gasteiger partial charge in [-0.15, -0.1) is 0 Å². The second-order valence-electron chi connectivity index (χ2n) is 11.7. The van der Waals surface area contributed by atoms with Crippen molar-refractivity contribution in [3.8, 4) is 23.0 Å². The SMILES string of the molecule is CCCCCCCCCCOc1c(O)c(O)c(C(=O)O)c(CCCCCCCC)c1OCCCCCCCCCC. The summed E-state index contributed by atoms with van der Waals surface area (Å²) in [6.45, 7) is 7.45. The predicted octanol–water partition coefficient (Wildman–Crippen LogP) is 10.7. The third-order valence-electron chi connectivity index (χ3n) is 7.94. The maximum absolute atomic E-state index is 12.2. The van der Waals surface area contributed by atoms with Crippen LogP contribution in [0.3, 0.4) is 0 Å². The van der Waals surface area contributed by atoms with Crippen molar-refractivity contribution in [3.05, 3.63) is 11.1 Å². The van der Waals surface area contributed by atoms with Gasteiger partial charge < -0.3 is 24.8 Å². The fourth-order valence-electron chi connectivity index (χ4n) is 5.38. The Bertz CT molecular complexity index is 807. The van der Waals surface area contributed by atoms with E-state index < -0.39 is 17.5 Å². The molecule has 0 spiro atoms. The minimum absolute atomic E-state index is 0.0935. The predicted molar refractivity (Wildman–Crippen MR) is 170 cm³/mol. The van der Waals surface area contributed by atoms with E-state index in [0.29, 0.717) is 30.9 Å². The Kier molecular flexibility index (Phi) is 22.0. The molecule has 6 nitrogen and oxygen atoms in total. The zero-order valence-corrected chi connectivity index (χ0v) is 26.7. The van der Waals surface area contributed by atoms with E-state index in [4.69, 9.17) is 9.47 Å². The van der Waals surface area contributed by atoms with E-state index in [1.807, 2.05) is 0 Å². The zero-order valence-electron chi connectivity index (χ0n) is 26.7. The van der Waals surface area contributed by atoms with Crippen molar-refractivity contribution in [1.82, 2.24) is 0 Å². The first-order valence-corrected chi connectivity index (χ1v) is 17.1. The fraction of sp³-hybridized carbons (Fsp3) is 0.800. The largest absolute Gasteiger partial charge is 0.504 e. The summed E-state index contributed by atoms with van der Waals surface area (Å²) in [5.74, 6) is -2.02. The van der Waals surface area contributed by atoms with Gasteiger partial charge in [0.2, 0.25) is 11.5 Å². The van der Waals surface area contributed by atoms with Crippen molar-refractivity contribution in [1.29, 1.82) is 0 Å². The lowest BCUT2D eigenvalue weighted by Gasteiger charge is -2.21. The normalized spacial score (nSPS) is 11.2. The number of phenols is 2. The number of carboxylic acids is 1. The lowest BCUT2D eigenvalue weighted by molar-refractivity contribution is 0.0690. The maximum Gasteiger partial charge on any atom is 0.340 e. The van der Waals surface area contributed by atoms with E-state index in [1.54, 1.807) is 0 Å². The van der Waals surface area contributed by atoms with Gasteiger partial charge in [0.05, 0.1) is 13.2 Å². The summed E-state index contributed by atoms with van der Waals surface area (Å²) in [7, 11) is 0. The summed E-state index contributed by atoms with van der Waals surface area (Å²) in [6.07, 6.45) is 25.5. The minimum Gasteiger partial charge on any atom is -0.504 e. The number of aromatic hydroxyl groups is 2. The molecule has 3 N–H and O–H groups in total. The van der Waals surface area contributed by atoms with E-state index in [2.05, 4.69) is 20.8 Å². The highest BCUT2D eigenvalue weighted by molar-refractivity contribution is 5.96. The number of carbonyl (C=O) groups is 1. The van der Waals surface area contributed by atoms with Gasteiger partial charge in [-0.3, -0.25) is 0 Å². The first-order valence-electron chi connectivity index (χ1n) is 17.1.